The number of nitrogens with one attached hydrogen (secondary N) is 1. The summed E-state index contributed by atoms with van der Waals surface area (Å²) in [6.07, 6.45) is 11.0. The Morgan fingerprint density at radius 2 is 1.56 bits per heavy atom. The predicted molar refractivity (Wildman–Crippen MR) is 98.9 cm³/mol. The second kappa shape index (κ2) is 10.8. The van der Waals surface area contributed by atoms with E-state index in [0.717, 1.165) is 5.39 Å². The van der Waals surface area contributed by atoms with Gasteiger partial charge in [0.2, 0.25) is 0 Å². The summed E-state index contributed by atoms with van der Waals surface area (Å²) < 4.78 is 5.83. The monoisotopic (exact) mass is 871 g/mol. The average Bonchev–Trinajstić information content (AvgIpc) is 3.20. The molecule has 0 fully saturated rings. The van der Waals surface area contributed by atoms with E-state index in [-0.39, 0.29) is 42.1 Å². The maximum absolute atomic E-state index is 3.95. The standard InChI is InChI=1S/C10H12N2.C10H11N2.3W/c2*1-8(2)12-6-4-9-7-11-5-3-10(9)12;;;/h3-6,8,11H,1-2H3;3-6,8H,1-2H3;;;/q;-1;;;. The molecule has 0 bridgehead atoms. The molecule has 0 saturated carbocycles. The van der Waals surface area contributed by atoms with E-state index in [2.05, 4.69) is 77.5 Å². The van der Waals surface area contributed by atoms with Gasteiger partial charge in [-0.2, -0.15) is 0 Å². The van der Waals surface area contributed by atoms with Gasteiger partial charge in [-0.3, -0.25) is 0 Å². The van der Waals surface area contributed by atoms with Crippen LogP contribution >= 0.6 is 0 Å². The molecule has 4 aromatic rings. The largest absolute Gasteiger partial charge is 0 e. The topological polar surface area (TPSA) is 38.5 Å². The minimum atomic E-state index is 0. The van der Waals surface area contributed by atoms with Crippen LogP contribution in [0.5, 0.6) is 0 Å². The SMILES string of the molecule is CC(C)n1ccc2[c-]nccc21.CC(C)n1ccc2[c](=[W])[nH]ccc21.[W].[W]. The van der Waals surface area contributed by atoms with Gasteiger partial charge in [0, 0.05) is 48.2 Å². The normalized spacial score (nSPS) is 10.4. The first-order chi connectivity index (χ1) is 12.0. The molecular formula is C20H23N4W3-. The molecule has 4 heterocycles. The van der Waals surface area contributed by atoms with E-state index in [1.54, 1.807) is 6.20 Å². The zero-order valence-electron chi connectivity index (χ0n) is 15.8. The van der Waals surface area contributed by atoms with Crippen LogP contribution in [0.3, 0.4) is 0 Å². The van der Waals surface area contributed by atoms with Gasteiger partial charge in [0.1, 0.15) is 0 Å². The summed E-state index contributed by atoms with van der Waals surface area (Å²) in [5.74, 6) is 0. The maximum Gasteiger partial charge on any atom is 0 e. The molecule has 4 nitrogen and oxygen atoms in total. The summed E-state index contributed by atoms with van der Waals surface area (Å²) in [7, 11) is 0. The fourth-order valence-electron chi connectivity index (χ4n) is 2.95. The van der Waals surface area contributed by atoms with Gasteiger partial charge in [-0.15, -0.1) is 17.5 Å². The first-order valence-corrected chi connectivity index (χ1v) is 9.97. The van der Waals surface area contributed by atoms with Crippen molar-refractivity contribution < 1.29 is 61.5 Å². The van der Waals surface area contributed by atoms with Crippen molar-refractivity contribution >= 4 is 21.8 Å². The third kappa shape index (κ3) is 5.50. The molecule has 0 amide bonds. The molecule has 4 aromatic heterocycles. The molecule has 27 heavy (non-hydrogen) atoms. The number of fused-ring (bicyclic) bond motifs is 2. The minimum Gasteiger partial charge on any atom is 0 e. The summed E-state index contributed by atoms with van der Waals surface area (Å²) >= 11 is 1.49. The summed E-state index contributed by atoms with van der Waals surface area (Å²) in [5, 5.41) is 2.44. The predicted octanol–water partition coefficient (Wildman–Crippen LogP) is 5.04. The Bertz CT molecular complexity index is 1040. The minimum absolute atomic E-state index is 0. The molecule has 0 aliphatic carbocycles. The van der Waals surface area contributed by atoms with Crippen molar-refractivity contribution in [2.45, 2.75) is 39.8 Å². The van der Waals surface area contributed by atoms with Crippen LogP contribution in [0.4, 0.5) is 0 Å². The molecular weight excluding hydrogens is 848 g/mol. The molecule has 142 valence electrons. The molecule has 0 aliphatic heterocycles. The smallest absolute Gasteiger partial charge is 0 e. The molecule has 4 rings (SSSR count). The van der Waals surface area contributed by atoms with E-state index in [1.165, 1.54) is 39.4 Å². The van der Waals surface area contributed by atoms with Crippen LogP contribution in [-0.2, 0) is 61.5 Å². The van der Waals surface area contributed by atoms with Crippen molar-refractivity contribution in [3.05, 3.63) is 58.9 Å². The van der Waals surface area contributed by atoms with Gasteiger partial charge in [0.25, 0.3) is 0 Å². The number of H-pyrrole nitrogens is 1. The van der Waals surface area contributed by atoms with Gasteiger partial charge in [-0.25, -0.2) is 0 Å². The van der Waals surface area contributed by atoms with Crippen LogP contribution in [0.2, 0.25) is 0 Å². The summed E-state index contributed by atoms with van der Waals surface area (Å²) in [4.78, 5) is 7.20. The van der Waals surface area contributed by atoms with E-state index in [0.29, 0.717) is 12.1 Å². The quantitative estimate of drug-likeness (QED) is 0.282. The van der Waals surface area contributed by atoms with Gasteiger partial charge in [0.15, 0.2) is 0 Å². The first kappa shape index (κ1) is 24.5. The van der Waals surface area contributed by atoms with Crippen LogP contribution in [0.25, 0.3) is 21.8 Å². The molecule has 7 heteroatoms. The van der Waals surface area contributed by atoms with Gasteiger partial charge in [0.05, 0.1) is 0 Å². The molecule has 0 radical (unpaired) electrons. The molecule has 0 spiro atoms. The summed E-state index contributed by atoms with van der Waals surface area (Å²) in [6.45, 7) is 8.75. The van der Waals surface area contributed by atoms with Gasteiger partial charge in [-0.05, 0) is 31.8 Å². The number of aromatic amines is 1. The first-order valence-electron chi connectivity index (χ1n) is 8.50. The number of aromatic nitrogens is 4. The molecule has 0 atom stereocenters. The molecule has 1 N–H and O–H groups in total. The fraction of sp³-hybridized carbons (Fsp3) is 0.300. The number of nitrogens with zero attached hydrogens (tertiary/aromatic N) is 3. The second-order valence-corrected chi connectivity index (χ2v) is 8.06. The van der Waals surface area contributed by atoms with Crippen LogP contribution in [0.15, 0.2) is 49.1 Å². The Balaban J connectivity index is 0.000000252. The number of pyridine rings is 2. The third-order valence-corrected chi connectivity index (χ3v) is 5.43. The van der Waals surface area contributed by atoms with E-state index >= 15 is 0 Å². The number of rotatable bonds is 2. The maximum atomic E-state index is 3.95. The molecule has 0 aliphatic rings. The Kier molecular flexibility index (Phi) is 9.83. The average molecular weight is 871 g/mol. The van der Waals surface area contributed by atoms with Gasteiger partial charge >= 0.3 is 87.9 Å². The van der Waals surface area contributed by atoms with Crippen molar-refractivity contribution in [3.8, 4) is 0 Å². The Labute approximate surface area is 199 Å². The zero-order valence-corrected chi connectivity index (χ0v) is 24.6. The van der Waals surface area contributed by atoms with Crippen LogP contribution < -0.4 is 0 Å². The van der Waals surface area contributed by atoms with E-state index in [1.807, 2.05) is 18.3 Å². The van der Waals surface area contributed by atoms with E-state index in [9.17, 15) is 0 Å². The fourth-order valence-corrected chi connectivity index (χ4v) is 3.81. The second-order valence-electron chi connectivity index (χ2n) is 6.59. The van der Waals surface area contributed by atoms with Crippen LogP contribution in [0, 0.1) is 9.87 Å². The van der Waals surface area contributed by atoms with E-state index in [4.69, 9.17) is 0 Å². The van der Waals surface area contributed by atoms with Crippen molar-refractivity contribution in [2.24, 2.45) is 0 Å². The Hall–Kier alpha value is -0.555. The van der Waals surface area contributed by atoms with Crippen LogP contribution in [-0.4, -0.2) is 19.1 Å². The van der Waals surface area contributed by atoms with Gasteiger partial charge < -0.3 is 9.55 Å². The molecule has 0 saturated heterocycles. The Morgan fingerprint density at radius 3 is 2.22 bits per heavy atom. The van der Waals surface area contributed by atoms with E-state index < -0.39 is 0 Å². The van der Waals surface area contributed by atoms with Gasteiger partial charge in [-0.1, -0.05) is 6.20 Å². The molecule has 0 unspecified atom stereocenters. The molecule has 0 aromatic carbocycles. The summed E-state index contributed by atoms with van der Waals surface area (Å²) in [6, 6.07) is 9.43. The van der Waals surface area contributed by atoms with Crippen molar-refractivity contribution in [1.82, 2.24) is 19.1 Å². The number of hydrogen-bond donors (Lipinski definition) is 1. The van der Waals surface area contributed by atoms with Crippen molar-refractivity contribution in [2.75, 3.05) is 0 Å². The van der Waals surface area contributed by atoms with Crippen molar-refractivity contribution in [1.29, 1.82) is 0 Å². The Morgan fingerprint density at radius 1 is 0.926 bits per heavy atom. The van der Waals surface area contributed by atoms with Crippen LogP contribution in [0.1, 0.15) is 39.8 Å². The summed E-state index contributed by atoms with van der Waals surface area (Å²) in [5.41, 5.74) is 2.54. The third-order valence-electron chi connectivity index (χ3n) is 4.22. The number of hydrogen-bond acceptors (Lipinski definition) is 1. The zero-order chi connectivity index (χ0) is 18.0. The van der Waals surface area contributed by atoms with Crippen molar-refractivity contribution in [3.63, 3.8) is 0 Å².